The van der Waals surface area contributed by atoms with Gasteiger partial charge in [0.2, 0.25) is 0 Å². The molecule has 4 heterocycles. The van der Waals surface area contributed by atoms with Crippen LogP contribution in [0.3, 0.4) is 0 Å². The number of fused-ring (bicyclic) bond motifs is 12. The number of nitrogens with zero attached hydrogens (tertiary/aromatic N) is 4. The molecule has 9 aromatic rings. The number of rotatable bonds is 4. The van der Waals surface area contributed by atoms with Gasteiger partial charge in [0.25, 0.3) is 0 Å². The summed E-state index contributed by atoms with van der Waals surface area (Å²) in [5, 5.41) is 5.31. The van der Waals surface area contributed by atoms with E-state index in [1.807, 2.05) is 24.8 Å². The first kappa shape index (κ1) is 35.6. The lowest BCUT2D eigenvalue weighted by Crippen LogP contribution is -2.17. The molecule has 59 heavy (non-hydrogen) atoms. The van der Waals surface area contributed by atoms with Crippen molar-refractivity contribution >= 4 is 43.6 Å². The summed E-state index contributed by atoms with van der Waals surface area (Å²) in [5.41, 5.74) is 18.4. The summed E-state index contributed by atoms with van der Waals surface area (Å²) in [7, 11) is 0. The highest BCUT2D eigenvalue weighted by atomic mass is 15.0. The molecule has 4 nitrogen and oxygen atoms in total. The normalized spacial score (nSPS) is 20.3. The van der Waals surface area contributed by atoms with Gasteiger partial charge < -0.3 is 9.13 Å². The molecule has 0 saturated carbocycles. The van der Waals surface area contributed by atoms with Crippen molar-refractivity contribution in [2.75, 3.05) is 0 Å². The summed E-state index contributed by atoms with van der Waals surface area (Å²) >= 11 is 0. The zero-order chi connectivity index (χ0) is 39.9. The highest BCUT2D eigenvalue weighted by molar-refractivity contribution is 6.13. The molecule has 0 radical (unpaired) electrons. The predicted octanol–water partition coefficient (Wildman–Crippen LogP) is 14.5. The summed E-state index contributed by atoms with van der Waals surface area (Å²) in [6, 6.07) is 41.5. The van der Waals surface area contributed by atoms with Crippen LogP contribution in [-0.4, -0.2) is 19.1 Å². The number of para-hydroxylation sites is 1. The van der Waals surface area contributed by atoms with E-state index in [9.17, 15) is 0 Å². The number of allylic oxidation sites excluding steroid dienone is 4. The van der Waals surface area contributed by atoms with Gasteiger partial charge in [-0.25, -0.2) is 0 Å². The Morgan fingerprint density at radius 2 is 1.15 bits per heavy atom. The first-order valence-corrected chi connectivity index (χ1v) is 21.3. The molecule has 4 bridgehead atoms. The van der Waals surface area contributed by atoms with Crippen molar-refractivity contribution in [3.05, 3.63) is 186 Å². The Kier molecular flexibility index (Phi) is 8.34. The van der Waals surface area contributed by atoms with Gasteiger partial charge in [0.1, 0.15) is 0 Å². The summed E-state index contributed by atoms with van der Waals surface area (Å²) in [5.74, 6) is 1.01. The zero-order valence-corrected chi connectivity index (χ0v) is 34.4. The van der Waals surface area contributed by atoms with E-state index in [2.05, 4.69) is 187 Å². The molecule has 5 unspecified atom stereocenters. The highest BCUT2D eigenvalue weighted by Crippen LogP contribution is 2.51. The molecule has 288 valence electrons. The average Bonchev–Trinajstić information content (AvgIpc) is 3.80. The maximum Gasteiger partial charge on any atom is 0.0578 e. The lowest BCUT2D eigenvalue weighted by atomic mass is 9.73. The van der Waals surface area contributed by atoms with Crippen molar-refractivity contribution in [3.63, 3.8) is 0 Å². The fourth-order valence-corrected chi connectivity index (χ4v) is 10.7. The van der Waals surface area contributed by atoms with E-state index in [-0.39, 0.29) is 29.7 Å². The maximum atomic E-state index is 4.32. The predicted molar refractivity (Wildman–Crippen MR) is 247 cm³/mol. The summed E-state index contributed by atoms with van der Waals surface area (Å²) in [6.07, 6.45) is 17.7. The first-order chi connectivity index (χ1) is 28.9. The molecule has 0 aliphatic heterocycles. The van der Waals surface area contributed by atoms with Crippen molar-refractivity contribution in [2.45, 2.75) is 70.8 Å². The summed E-state index contributed by atoms with van der Waals surface area (Å²) in [6.45, 7) is 12.3. The van der Waals surface area contributed by atoms with Gasteiger partial charge in [-0.1, -0.05) is 88.4 Å². The Morgan fingerprint density at radius 1 is 0.525 bits per heavy atom. The third-order valence-corrected chi connectivity index (χ3v) is 14.1. The molecule has 0 saturated heterocycles. The lowest BCUT2D eigenvalue weighted by molar-refractivity contribution is 0.587. The van der Waals surface area contributed by atoms with E-state index >= 15 is 0 Å². The Bertz CT molecular complexity index is 3150. The van der Waals surface area contributed by atoms with Crippen LogP contribution in [0.15, 0.2) is 158 Å². The standard InChI is InChI=1S/C55H48N4/c1-33-36(4)53-37(5)45(32-50-48-29-41(39-22-26-57-27-23-39)17-19-52(48)59(55(50)53)44-14-10-7-11-15-44)34(2)35(3)46-30-42(33)31-49-47-28-40(38-20-24-56-25-21-38)16-18-51(47)58(54(46)49)43-12-8-6-9-13-43/h6-12,14-36,43H,13H2,1-5H3. The van der Waals surface area contributed by atoms with E-state index in [1.165, 1.54) is 99.4 Å². The van der Waals surface area contributed by atoms with E-state index in [4.69, 9.17) is 0 Å². The van der Waals surface area contributed by atoms with Crippen LogP contribution in [0.4, 0.5) is 0 Å². The van der Waals surface area contributed by atoms with Crippen molar-refractivity contribution in [1.29, 1.82) is 0 Å². The van der Waals surface area contributed by atoms with Crippen LogP contribution in [0, 0.1) is 6.92 Å². The highest BCUT2D eigenvalue weighted by Gasteiger charge is 2.33. The smallest absolute Gasteiger partial charge is 0.0578 e. The second-order valence-electron chi connectivity index (χ2n) is 17.2. The van der Waals surface area contributed by atoms with Crippen molar-refractivity contribution in [3.8, 4) is 27.9 Å². The van der Waals surface area contributed by atoms with Crippen molar-refractivity contribution in [2.24, 2.45) is 0 Å². The van der Waals surface area contributed by atoms with Crippen LogP contribution in [0.25, 0.3) is 71.6 Å². The number of hydrogen-bond acceptors (Lipinski definition) is 2. The van der Waals surface area contributed by atoms with Crippen LogP contribution >= 0.6 is 0 Å². The van der Waals surface area contributed by atoms with Crippen LogP contribution in [0.1, 0.15) is 91.6 Å². The first-order valence-electron chi connectivity index (χ1n) is 21.3. The number of aromatic nitrogens is 4. The van der Waals surface area contributed by atoms with Gasteiger partial charge >= 0.3 is 0 Å². The second kappa shape index (κ2) is 13.8. The molecule has 5 aromatic carbocycles. The minimum absolute atomic E-state index is 0.238. The molecule has 4 heteroatoms. The minimum atomic E-state index is 0.238. The lowest BCUT2D eigenvalue weighted by Gasteiger charge is -2.33. The Labute approximate surface area is 346 Å². The van der Waals surface area contributed by atoms with Gasteiger partial charge in [0, 0.05) is 57.5 Å². The van der Waals surface area contributed by atoms with E-state index < -0.39 is 0 Å². The largest absolute Gasteiger partial charge is 0.333 e. The number of pyridine rings is 2. The zero-order valence-electron chi connectivity index (χ0n) is 34.4. The van der Waals surface area contributed by atoms with Crippen LogP contribution in [0.2, 0.25) is 0 Å². The van der Waals surface area contributed by atoms with E-state index in [0.717, 1.165) is 6.42 Å². The maximum absolute atomic E-state index is 4.32. The van der Waals surface area contributed by atoms with Crippen LogP contribution in [0.5, 0.6) is 0 Å². The van der Waals surface area contributed by atoms with Crippen LogP contribution in [-0.2, 0) is 0 Å². The Hall–Kier alpha value is -6.52. The van der Waals surface area contributed by atoms with Gasteiger partial charge in [-0.3, -0.25) is 9.97 Å². The quantitative estimate of drug-likeness (QED) is 0.179. The van der Waals surface area contributed by atoms with Crippen molar-refractivity contribution in [1.82, 2.24) is 19.1 Å². The van der Waals surface area contributed by atoms with Gasteiger partial charge in [-0.15, -0.1) is 0 Å². The second-order valence-corrected chi connectivity index (χ2v) is 17.2. The summed E-state index contributed by atoms with van der Waals surface area (Å²) < 4.78 is 5.21. The molecule has 0 N–H and O–H groups in total. The molecule has 0 spiro atoms. The molecular formula is C55H48N4. The van der Waals surface area contributed by atoms with Gasteiger partial charge in [-0.2, -0.15) is 0 Å². The number of benzene rings is 5. The average molecular weight is 765 g/mol. The fraction of sp³-hybridized carbons (Fsp3) is 0.200. The third kappa shape index (κ3) is 5.49. The molecular weight excluding hydrogens is 717 g/mol. The van der Waals surface area contributed by atoms with E-state index in [0.29, 0.717) is 0 Å². The Balaban J connectivity index is 1.21. The van der Waals surface area contributed by atoms with Crippen LogP contribution < -0.4 is 0 Å². The summed E-state index contributed by atoms with van der Waals surface area (Å²) in [4.78, 5) is 8.64. The van der Waals surface area contributed by atoms with Gasteiger partial charge in [0.15, 0.2) is 0 Å². The minimum Gasteiger partial charge on any atom is -0.333 e. The SMILES string of the molecule is Cc1c2cc3c4cc(-c5ccncc5)ccc4n(-c4ccccc4)c3c1C(C)C(C)c1cc(c3c(c1)c1cc(-c4ccncc4)ccc1n3C1C=CC=CC1)C(C)C2C. The molecule has 11 rings (SSSR count). The number of hydrogen-bond donors (Lipinski definition) is 0. The molecule has 0 amide bonds. The monoisotopic (exact) mass is 764 g/mol. The molecule has 5 atom stereocenters. The third-order valence-electron chi connectivity index (χ3n) is 14.1. The Morgan fingerprint density at radius 3 is 1.81 bits per heavy atom. The molecule has 2 aliphatic rings. The molecule has 2 aliphatic carbocycles. The topological polar surface area (TPSA) is 35.6 Å². The molecule has 0 fully saturated rings. The molecule has 4 aromatic heterocycles. The van der Waals surface area contributed by atoms with Gasteiger partial charge in [-0.05, 0) is 160 Å². The fourth-order valence-electron chi connectivity index (χ4n) is 10.7. The van der Waals surface area contributed by atoms with Gasteiger partial charge in [0.05, 0.1) is 22.6 Å². The van der Waals surface area contributed by atoms with E-state index in [1.54, 1.807) is 0 Å². The van der Waals surface area contributed by atoms with Crippen molar-refractivity contribution < 1.29 is 0 Å².